The lowest BCUT2D eigenvalue weighted by atomic mass is 9.81. The van der Waals surface area contributed by atoms with Gasteiger partial charge in [-0.1, -0.05) is 58.9 Å². The Morgan fingerprint density at radius 3 is 1.82 bits per heavy atom. The molecule has 3 aromatic rings. The molecular weight excluding hydrogens is 623 g/mol. The topological polar surface area (TPSA) is 72.5 Å². The van der Waals surface area contributed by atoms with Crippen molar-refractivity contribution < 1.29 is 37.6 Å². The smallest absolute Gasteiger partial charge is 0.311 e. The third-order valence-corrected chi connectivity index (χ3v) is 11.0. The molecule has 2 fully saturated rings. The minimum Gasteiger partial charge on any atom is -0.493 e. The molecule has 0 amide bonds. The van der Waals surface area contributed by atoms with Crippen LogP contribution in [-0.2, 0) is 20.7 Å². The number of benzene rings is 3. The summed E-state index contributed by atoms with van der Waals surface area (Å²) in [4.78, 5) is 12.8. The lowest BCUT2D eigenvalue weighted by molar-refractivity contribution is -0.136. The number of carbonyl (C=O) groups excluding carboxylic acids is 1. The van der Waals surface area contributed by atoms with Crippen molar-refractivity contribution in [2.45, 2.75) is 79.6 Å². The molecule has 0 aromatic heterocycles. The predicted molar refractivity (Wildman–Crippen MR) is 189 cm³/mol. The maximum atomic E-state index is 15.1. The highest BCUT2D eigenvalue weighted by Gasteiger charge is 2.39. The van der Waals surface area contributed by atoms with Crippen LogP contribution in [0.15, 0.2) is 60.7 Å². The van der Waals surface area contributed by atoms with E-state index in [9.17, 15) is 4.79 Å². The first-order valence-electron chi connectivity index (χ1n) is 18.0. The van der Waals surface area contributed by atoms with Crippen molar-refractivity contribution in [2.24, 2.45) is 16.2 Å². The highest BCUT2D eigenvalue weighted by Crippen LogP contribution is 2.38. The molecule has 7 nitrogen and oxygen atoms in total. The summed E-state index contributed by atoms with van der Waals surface area (Å²) in [5, 5.41) is 0. The van der Waals surface area contributed by atoms with E-state index in [0.29, 0.717) is 69.7 Å². The van der Waals surface area contributed by atoms with Gasteiger partial charge in [-0.3, -0.25) is 4.79 Å². The van der Waals surface area contributed by atoms with E-state index in [1.807, 2.05) is 42.5 Å². The fraction of sp³-hybridized carbons (Fsp3) is 0.537. The Hall–Kier alpha value is -3.62. The third kappa shape index (κ3) is 8.95. The number of aryl methyl sites for hydroxylation is 1. The van der Waals surface area contributed by atoms with Crippen molar-refractivity contribution in [2.75, 3.05) is 46.2 Å². The quantitative estimate of drug-likeness (QED) is 0.0926. The van der Waals surface area contributed by atoms with E-state index in [2.05, 4.69) is 34.6 Å². The van der Waals surface area contributed by atoms with Crippen molar-refractivity contribution in [1.29, 1.82) is 0 Å². The molecule has 0 aliphatic carbocycles. The summed E-state index contributed by atoms with van der Waals surface area (Å²) < 4.78 is 50.2. The van der Waals surface area contributed by atoms with Crippen molar-refractivity contribution >= 4 is 5.97 Å². The van der Waals surface area contributed by atoms with Gasteiger partial charge in [0.05, 0.1) is 57.1 Å². The maximum absolute atomic E-state index is 15.1. The zero-order chi connectivity index (χ0) is 34.9. The van der Waals surface area contributed by atoms with Crippen molar-refractivity contribution in [1.82, 2.24) is 0 Å². The van der Waals surface area contributed by atoms with Gasteiger partial charge in [-0.2, -0.15) is 0 Å². The summed E-state index contributed by atoms with van der Waals surface area (Å²) in [6.07, 6.45) is 5.64. The Labute approximate surface area is 291 Å². The van der Waals surface area contributed by atoms with Crippen LogP contribution in [-0.4, -0.2) is 52.2 Å². The molecule has 2 heterocycles. The molecule has 266 valence electrons. The van der Waals surface area contributed by atoms with Gasteiger partial charge in [-0.25, -0.2) is 4.39 Å². The molecule has 0 radical (unpaired) electrons. The lowest BCUT2D eigenvalue weighted by Gasteiger charge is -2.41. The van der Waals surface area contributed by atoms with Crippen LogP contribution in [0.4, 0.5) is 4.39 Å². The molecule has 0 unspecified atom stereocenters. The van der Waals surface area contributed by atoms with Crippen molar-refractivity contribution in [3.05, 3.63) is 72.0 Å². The Morgan fingerprint density at radius 1 is 0.714 bits per heavy atom. The number of carbonyl (C=O) groups is 1. The highest BCUT2D eigenvalue weighted by atomic mass is 19.1. The molecule has 0 saturated carbocycles. The summed E-state index contributed by atoms with van der Waals surface area (Å²) in [5.41, 5.74) is 2.66. The molecule has 3 aromatic carbocycles. The number of hydrogen-bond donors (Lipinski definition) is 0. The Bertz CT molecular complexity index is 1500. The van der Waals surface area contributed by atoms with Crippen LogP contribution in [0, 0.1) is 22.1 Å². The average molecular weight is 677 g/mol. The molecule has 0 bridgehead atoms. The molecular formula is C41H53FO7. The van der Waals surface area contributed by atoms with Gasteiger partial charge in [-0.05, 0) is 91.6 Å². The van der Waals surface area contributed by atoms with Crippen LogP contribution >= 0.6 is 0 Å². The van der Waals surface area contributed by atoms with E-state index < -0.39 is 11.8 Å². The van der Waals surface area contributed by atoms with Gasteiger partial charge in [0.2, 0.25) is 0 Å². The van der Waals surface area contributed by atoms with Gasteiger partial charge < -0.3 is 28.4 Å². The first kappa shape index (κ1) is 36.7. The van der Waals surface area contributed by atoms with Crippen LogP contribution in [0.3, 0.4) is 0 Å². The fourth-order valence-corrected chi connectivity index (χ4v) is 6.18. The fourth-order valence-electron chi connectivity index (χ4n) is 6.18. The van der Waals surface area contributed by atoms with Gasteiger partial charge in [0, 0.05) is 11.8 Å². The molecule has 0 atom stereocenters. The van der Waals surface area contributed by atoms with E-state index in [1.165, 1.54) is 12.1 Å². The zero-order valence-corrected chi connectivity index (χ0v) is 29.9. The molecule has 0 spiro atoms. The number of ether oxygens (including phenoxy) is 6. The second-order valence-corrected chi connectivity index (χ2v) is 14.0. The minimum absolute atomic E-state index is 0.00590. The second-order valence-electron chi connectivity index (χ2n) is 14.0. The average Bonchev–Trinajstić information content (AvgIpc) is 3.09. The molecule has 8 heteroatoms. The third-order valence-electron chi connectivity index (χ3n) is 11.0. The molecule has 2 aliphatic heterocycles. The van der Waals surface area contributed by atoms with Crippen LogP contribution in [0.1, 0.15) is 78.7 Å². The summed E-state index contributed by atoms with van der Waals surface area (Å²) in [6, 6.07) is 18.1. The van der Waals surface area contributed by atoms with Crippen LogP contribution in [0.5, 0.6) is 23.0 Å². The number of rotatable bonds is 19. The Balaban J connectivity index is 1.17. The lowest BCUT2D eigenvalue weighted by Crippen LogP contribution is -2.47. The van der Waals surface area contributed by atoms with E-state index in [0.717, 1.165) is 49.0 Å². The summed E-state index contributed by atoms with van der Waals surface area (Å²) in [5.74, 6) is 0.927. The SMILES string of the molecule is CCC(CC)(CC)COc1ccc(-c2ccc(OC(=O)CCc3ccc(OCC4(CC)COC4)c(OCC4(CC)COC4)c3)c(F)c2)cc1. The summed E-state index contributed by atoms with van der Waals surface area (Å²) in [6.45, 7) is 15.4. The van der Waals surface area contributed by atoms with E-state index in [1.54, 1.807) is 6.07 Å². The molecule has 5 rings (SSSR count). The van der Waals surface area contributed by atoms with Crippen LogP contribution in [0.25, 0.3) is 11.1 Å². The first-order chi connectivity index (χ1) is 23.7. The van der Waals surface area contributed by atoms with Gasteiger partial charge in [0.25, 0.3) is 0 Å². The first-order valence-corrected chi connectivity index (χ1v) is 18.0. The monoisotopic (exact) mass is 676 g/mol. The number of esters is 1. The molecule has 0 N–H and O–H groups in total. The predicted octanol–water partition coefficient (Wildman–Crippen LogP) is 9.24. The normalized spacial score (nSPS) is 16.3. The number of hydrogen-bond acceptors (Lipinski definition) is 7. The van der Waals surface area contributed by atoms with Gasteiger partial charge in [-0.15, -0.1) is 0 Å². The van der Waals surface area contributed by atoms with Crippen molar-refractivity contribution in [3.63, 3.8) is 0 Å². The zero-order valence-electron chi connectivity index (χ0n) is 29.9. The highest BCUT2D eigenvalue weighted by molar-refractivity contribution is 5.73. The van der Waals surface area contributed by atoms with Gasteiger partial charge in [0.1, 0.15) is 5.75 Å². The standard InChI is InChI=1S/C41H53FO7/c1-6-39(7-2,8-3)27-46-33-16-13-31(14-17-33)32-15-19-35(34(42)22-32)49-38(43)20-12-30-11-18-36(47-28-40(9-4)23-44-24-40)37(21-30)48-29-41(10-5)25-45-26-41/h11,13-19,21-22H,6-10,12,20,23-29H2,1-5H3. The molecule has 49 heavy (non-hydrogen) atoms. The second kappa shape index (κ2) is 16.4. The summed E-state index contributed by atoms with van der Waals surface area (Å²) in [7, 11) is 0. The van der Waals surface area contributed by atoms with Gasteiger partial charge >= 0.3 is 5.97 Å². The maximum Gasteiger partial charge on any atom is 0.311 e. The van der Waals surface area contributed by atoms with Crippen molar-refractivity contribution in [3.8, 4) is 34.1 Å². The largest absolute Gasteiger partial charge is 0.493 e. The Kier molecular flexibility index (Phi) is 12.3. The van der Waals surface area contributed by atoms with Crippen LogP contribution < -0.4 is 18.9 Å². The number of halogens is 1. The van der Waals surface area contributed by atoms with E-state index in [-0.39, 0.29) is 28.4 Å². The Morgan fingerprint density at radius 2 is 1.29 bits per heavy atom. The molecule has 2 aliphatic rings. The van der Waals surface area contributed by atoms with E-state index >= 15 is 4.39 Å². The molecule has 2 saturated heterocycles. The van der Waals surface area contributed by atoms with Crippen LogP contribution in [0.2, 0.25) is 0 Å². The minimum atomic E-state index is -0.589. The van der Waals surface area contributed by atoms with Gasteiger partial charge in [0.15, 0.2) is 23.1 Å². The summed E-state index contributed by atoms with van der Waals surface area (Å²) >= 11 is 0. The van der Waals surface area contributed by atoms with E-state index in [4.69, 9.17) is 28.4 Å².